The van der Waals surface area contributed by atoms with E-state index < -0.39 is 12.1 Å². The third-order valence-corrected chi connectivity index (χ3v) is 2.88. The number of carboxylic acids is 1. The van der Waals surface area contributed by atoms with Crippen LogP contribution in [0.4, 0.5) is 10.5 Å². The molecule has 1 amide bonds. The number of aromatic nitrogens is 1. The van der Waals surface area contributed by atoms with Gasteiger partial charge in [-0.3, -0.25) is 0 Å². The number of anilines is 1. The van der Waals surface area contributed by atoms with Gasteiger partial charge in [-0.1, -0.05) is 0 Å². The Labute approximate surface area is 103 Å². The average molecular weight is 251 g/mol. The van der Waals surface area contributed by atoms with E-state index in [0.717, 1.165) is 5.69 Å². The van der Waals surface area contributed by atoms with Crippen molar-refractivity contribution in [3.05, 3.63) is 24.0 Å². The van der Waals surface area contributed by atoms with E-state index >= 15 is 0 Å². The first kappa shape index (κ1) is 12.2. The molecule has 2 heterocycles. The minimum absolute atomic E-state index is 0.00271. The van der Waals surface area contributed by atoms with E-state index in [2.05, 4.69) is 4.98 Å². The molecule has 2 rings (SSSR count). The van der Waals surface area contributed by atoms with Crippen molar-refractivity contribution in [2.75, 3.05) is 31.1 Å². The van der Waals surface area contributed by atoms with Crippen LogP contribution in [0, 0.1) is 0 Å². The van der Waals surface area contributed by atoms with Gasteiger partial charge in [0.25, 0.3) is 0 Å². The molecule has 7 nitrogen and oxygen atoms in total. The van der Waals surface area contributed by atoms with Gasteiger partial charge in [-0.25, -0.2) is 14.6 Å². The monoisotopic (exact) mass is 251 g/mol. The number of rotatable bonds is 2. The van der Waals surface area contributed by atoms with Crippen molar-refractivity contribution in [1.82, 2.24) is 9.88 Å². The second kappa shape index (κ2) is 4.91. The molecule has 0 spiro atoms. The van der Waals surface area contributed by atoms with Crippen molar-refractivity contribution in [2.45, 2.75) is 0 Å². The van der Waals surface area contributed by atoms with Crippen molar-refractivity contribution in [1.29, 1.82) is 0 Å². The van der Waals surface area contributed by atoms with Crippen LogP contribution in [0.2, 0.25) is 0 Å². The summed E-state index contributed by atoms with van der Waals surface area (Å²) in [7, 11) is 0. The lowest BCUT2D eigenvalue weighted by molar-refractivity contribution is 0.0690. The molecule has 1 aromatic heterocycles. The first-order chi connectivity index (χ1) is 8.58. The number of pyridine rings is 1. The Morgan fingerprint density at radius 2 is 1.78 bits per heavy atom. The molecule has 1 aliphatic rings. The van der Waals surface area contributed by atoms with Gasteiger partial charge < -0.3 is 20.0 Å². The van der Waals surface area contributed by atoms with Gasteiger partial charge in [-0.15, -0.1) is 0 Å². The minimum atomic E-state index is -1.06. The van der Waals surface area contributed by atoms with Crippen molar-refractivity contribution < 1.29 is 19.8 Å². The van der Waals surface area contributed by atoms with Crippen LogP contribution in [0.3, 0.4) is 0 Å². The van der Waals surface area contributed by atoms with Crippen molar-refractivity contribution in [3.63, 3.8) is 0 Å². The lowest BCUT2D eigenvalue weighted by Crippen LogP contribution is -2.48. The average Bonchev–Trinajstić information content (AvgIpc) is 2.39. The Morgan fingerprint density at radius 3 is 2.22 bits per heavy atom. The Kier molecular flexibility index (Phi) is 3.31. The van der Waals surface area contributed by atoms with Crippen LogP contribution >= 0.6 is 0 Å². The number of aromatic carboxylic acids is 1. The van der Waals surface area contributed by atoms with E-state index in [9.17, 15) is 9.59 Å². The summed E-state index contributed by atoms with van der Waals surface area (Å²) in [6.45, 7) is 2.05. The number of piperazine rings is 1. The van der Waals surface area contributed by atoms with Crippen molar-refractivity contribution >= 4 is 17.7 Å². The molecule has 18 heavy (non-hydrogen) atoms. The van der Waals surface area contributed by atoms with E-state index in [0.29, 0.717) is 26.2 Å². The van der Waals surface area contributed by atoms with E-state index in [-0.39, 0.29) is 5.69 Å². The molecular weight excluding hydrogens is 238 g/mol. The van der Waals surface area contributed by atoms with Crippen molar-refractivity contribution in [2.24, 2.45) is 0 Å². The second-order valence-corrected chi connectivity index (χ2v) is 3.96. The molecule has 1 aromatic rings. The molecule has 0 atom stereocenters. The quantitative estimate of drug-likeness (QED) is 0.798. The molecule has 0 saturated carbocycles. The predicted octanol–water partition coefficient (Wildman–Crippen LogP) is 0.580. The molecular formula is C11H13N3O4. The van der Waals surface area contributed by atoms with Crippen LogP contribution < -0.4 is 4.90 Å². The molecule has 0 aromatic carbocycles. The maximum atomic E-state index is 10.7. The SMILES string of the molecule is O=C(O)c1ccc(N2CCN(C(=O)O)CC2)cn1. The van der Waals surface area contributed by atoms with Crippen LogP contribution in [-0.2, 0) is 0 Å². The molecule has 0 aliphatic carbocycles. The van der Waals surface area contributed by atoms with Gasteiger partial charge in [0.1, 0.15) is 5.69 Å². The number of hydrogen-bond acceptors (Lipinski definition) is 4. The number of nitrogens with zero attached hydrogens (tertiary/aromatic N) is 3. The zero-order valence-corrected chi connectivity index (χ0v) is 9.61. The summed E-state index contributed by atoms with van der Waals surface area (Å²) in [4.78, 5) is 28.6. The maximum absolute atomic E-state index is 10.7. The predicted molar refractivity (Wildman–Crippen MR) is 63.0 cm³/mol. The topological polar surface area (TPSA) is 94.0 Å². The molecule has 0 unspecified atom stereocenters. The summed E-state index contributed by atoms with van der Waals surface area (Å²) in [5.41, 5.74) is 0.813. The van der Waals surface area contributed by atoms with Gasteiger partial charge in [0.15, 0.2) is 0 Å². The maximum Gasteiger partial charge on any atom is 0.407 e. The molecule has 96 valence electrons. The largest absolute Gasteiger partial charge is 0.477 e. The Morgan fingerprint density at radius 1 is 1.11 bits per heavy atom. The lowest BCUT2D eigenvalue weighted by atomic mass is 10.2. The highest BCUT2D eigenvalue weighted by Crippen LogP contribution is 2.15. The molecule has 1 saturated heterocycles. The normalized spacial score (nSPS) is 15.6. The summed E-state index contributed by atoms with van der Waals surface area (Å²) < 4.78 is 0. The first-order valence-corrected chi connectivity index (χ1v) is 5.50. The first-order valence-electron chi connectivity index (χ1n) is 5.50. The fourth-order valence-corrected chi connectivity index (χ4v) is 1.86. The fourth-order valence-electron chi connectivity index (χ4n) is 1.86. The van der Waals surface area contributed by atoms with Crippen LogP contribution in [0.1, 0.15) is 10.5 Å². The van der Waals surface area contributed by atoms with Crippen molar-refractivity contribution in [3.8, 4) is 0 Å². The van der Waals surface area contributed by atoms with Gasteiger partial charge in [0.05, 0.1) is 11.9 Å². The highest BCUT2D eigenvalue weighted by atomic mass is 16.4. The third-order valence-electron chi connectivity index (χ3n) is 2.88. The van der Waals surface area contributed by atoms with E-state index in [1.807, 2.05) is 4.90 Å². The zero-order chi connectivity index (χ0) is 13.1. The summed E-state index contributed by atoms with van der Waals surface area (Å²) >= 11 is 0. The standard InChI is InChI=1S/C11H13N3O4/c15-10(16)9-2-1-8(7-12-9)13-3-5-14(6-4-13)11(17)18/h1-2,7H,3-6H2,(H,15,16)(H,17,18). The zero-order valence-electron chi connectivity index (χ0n) is 9.61. The number of hydrogen-bond donors (Lipinski definition) is 2. The van der Waals surface area contributed by atoms with Crippen LogP contribution in [0.15, 0.2) is 18.3 Å². The minimum Gasteiger partial charge on any atom is -0.477 e. The summed E-state index contributed by atoms with van der Waals surface area (Å²) in [5.74, 6) is -1.06. The van der Waals surface area contributed by atoms with E-state index in [1.165, 1.54) is 17.2 Å². The van der Waals surface area contributed by atoms with Crippen LogP contribution in [0.25, 0.3) is 0 Å². The smallest absolute Gasteiger partial charge is 0.407 e. The highest BCUT2D eigenvalue weighted by molar-refractivity contribution is 5.85. The van der Waals surface area contributed by atoms with Gasteiger partial charge in [-0.05, 0) is 12.1 Å². The van der Waals surface area contributed by atoms with Gasteiger partial charge in [0.2, 0.25) is 0 Å². The Bertz CT molecular complexity index is 452. The molecule has 1 fully saturated rings. The third kappa shape index (κ3) is 2.50. The summed E-state index contributed by atoms with van der Waals surface area (Å²) in [6, 6.07) is 3.13. The van der Waals surface area contributed by atoms with Gasteiger partial charge in [0, 0.05) is 26.2 Å². The lowest BCUT2D eigenvalue weighted by Gasteiger charge is -2.34. The Balaban J connectivity index is 2.01. The van der Waals surface area contributed by atoms with E-state index in [4.69, 9.17) is 10.2 Å². The molecule has 1 aliphatic heterocycles. The summed E-state index contributed by atoms with van der Waals surface area (Å²) in [6.07, 6.45) is 0.592. The Hall–Kier alpha value is -2.31. The molecule has 7 heteroatoms. The van der Waals surface area contributed by atoms with Crippen LogP contribution in [0.5, 0.6) is 0 Å². The van der Waals surface area contributed by atoms with Gasteiger partial charge in [-0.2, -0.15) is 0 Å². The van der Waals surface area contributed by atoms with Gasteiger partial charge >= 0.3 is 12.1 Å². The van der Waals surface area contributed by atoms with Crippen LogP contribution in [-0.4, -0.2) is 58.3 Å². The van der Waals surface area contributed by atoms with E-state index in [1.54, 1.807) is 6.07 Å². The number of carboxylic acid groups (broad SMARTS) is 2. The molecule has 2 N–H and O–H groups in total. The highest BCUT2D eigenvalue weighted by Gasteiger charge is 2.20. The molecule has 0 bridgehead atoms. The second-order valence-electron chi connectivity index (χ2n) is 3.96. The number of amides is 1. The summed E-state index contributed by atoms with van der Waals surface area (Å²) in [5, 5.41) is 17.6. The molecule has 0 radical (unpaired) electrons. The number of carbonyl (C=O) groups is 2. The fraction of sp³-hybridized carbons (Fsp3) is 0.364.